The minimum atomic E-state index is -0.156. The van der Waals surface area contributed by atoms with Crippen molar-refractivity contribution in [2.24, 2.45) is 0 Å². The van der Waals surface area contributed by atoms with Crippen molar-refractivity contribution in [2.75, 3.05) is 13.2 Å². The van der Waals surface area contributed by atoms with Gasteiger partial charge in [-0.05, 0) is 32.6 Å². The molecule has 0 radical (unpaired) electrons. The van der Waals surface area contributed by atoms with Crippen LogP contribution in [0.15, 0.2) is 4.42 Å². The van der Waals surface area contributed by atoms with E-state index in [4.69, 9.17) is 4.42 Å². The van der Waals surface area contributed by atoms with Crippen LogP contribution >= 0.6 is 0 Å². The Labute approximate surface area is 132 Å². The average molecular weight is 308 g/mol. The standard InChI is InChI=1S/C17H28N2O3/c1-12-14(22-16(18-12)17(2,3)4)11-15(21)19-9-6-5-7-13(19)8-10-20/h13,20H,5-11H2,1-4H3. The molecule has 1 aliphatic heterocycles. The van der Waals surface area contributed by atoms with Crippen molar-refractivity contribution in [1.82, 2.24) is 9.88 Å². The minimum absolute atomic E-state index is 0.0814. The van der Waals surface area contributed by atoms with Gasteiger partial charge in [0.25, 0.3) is 0 Å². The van der Waals surface area contributed by atoms with Gasteiger partial charge >= 0.3 is 0 Å². The van der Waals surface area contributed by atoms with Crippen LogP contribution < -0.4 is 0 Å². The number of carbonyl (C=O) groups excluding carboxylic acids is 1. The Morgan fingerprint density at radius 3 is 2.73 bits per heavy atom. The maximum absolute atomic E-state index is 12.6. The zero-order valence-electron chi connectivity index (χ0n) is 14.2. The molecule has 0 saturated carbocycles. The quantitative estimate of drug-likeness (QED) is 0.928. The predicted octanol–water partition coefficient (Wildman–Crippen LogP) is 2.59. The number of hydrogen-bond donors (Lipinski definition) is 1. The molecule has 2 heterocycles. The van der Waals surface area contributed by atoms with Crippen molar-refractivity contribution in [3.63, 3.8) is 0 Å². The molecule has 1 aromatic heterocycles. The van der Waals surface area contributed by atoms with Gasteiger partial charge in [0.2, 0.25) is 5.91 Å². The van der Waals surface area contributed by atoms with E-state index in [-0.39, 0.29) is 30.4 Å². The number of aliphatic hydroxyl groups is 1. The highest BCUT2D eigenvalue weighted by molar-refractivity contribution is 5.78. The average Bonchev–Trinajstić information content (AvgIpc) is 2.81. The fourth-order valence-electron chi connectivity index (χ4n) is 2.93. The molecule has 0 spiro atoms. The second kappa shape index (κ2) is 6.82. The number of aliphatic hydroxyl groups excluding tert-OH is 1. The lowest BCUT2D eigenvalue weighted by Gasteiger charge is -2.35. The normalized spacial score (nSPS) is 19.5. The van der Waals surface area contributed by atoms with E-state index in [1.165, 1.54) is 0 Å². The molecular weight excluding hydrogens is 280 g/mol. The van der Waals surface area contributed by atoms with E-state index in [9.17, 15) is 9.90 Å². The third kappa shape index (κ3) is 3.88. The van der Waals surface area contributed by atoms with E-state index in [1.54, 1.807) is 0 Å². The van der Waals surface area contributed by atoms with Gasteiger partial charge in [0.05, 0.1) is 12.1 Å². The molecule has 0 bridgehead atoms. The highest BCUT2D eigenvalue weighted by atomic mass is 16.4. The van der Waals surface area contributed by atoms with Gasteiger partial charge in [-0.25, -0.2) is 4.98 Å². The Balaban J connectivity index is 2.09. The molecule has 1 amide bonds. The van der Waals surface area contributed by atoms with Gasteiger partial charge in [0, 0.05) is 24.6 Å². The topological polar surface area (TPSA) is 66.6 Å². The summed E-state index contributed by atoms with van der Waals surface area (Å²) in [6.45, 7) is 8.94. The minimum Gasteiger partial charge on any atom is -0.444 e. The Hall–Kier alpha value is -1.36. The summed E-state index contributed by atoms with van der Waals surface area (Å²) < 4.78 is 5.83. The first-order valence-corrected chi connectivity index (χ1v) is 8.20. The summed E-state index contributed by atoms with van der Waals surface area (Å²) in [5.74, 6) is 1.43. The highest BCUT2D eigenvalue weighted by Gasteiger charge is 2.28. The number of aryl methyl sites for hydroxylation is 1. The molecule has 0 aliphatic carbocycles. The summed E-state index contributed by atoms with van der Waals surface area (Å²) >= 11 is 0. The smallest absolute Gasteiger partial charge is 0.230 e. The van der Waals surface area contributed by atoms with Crippen LogP contribution in [0.2, 0.25) is 0 Å². The third-order valence-electron chi connectivity index (χ3n) is 4.26. The number of nitrogens with zero attached hydrogens (tertiary/aromatic N) is 2. The molecule has 2 rings (SSSR count). The van der Waals surface area contributed by atoms with E-state index in [1.807, 2.05) is 32.6 Å². The molecule has 1 aliphatic rings. The predicted molar refractivity (Wildman–Crippen MR) is 84.7 cm³/mol. The van der Waals surface area contributed by atoms with Gasteiger partial charge in [0.15, 0.2) is 5.89 Å². The largest absolute Gasteiger partial charge is 0.444 e. The number of likely N-dealkylation sites (tertiary alicyclic amines) is 1. The number of piperidine rings is 1. The lowest BCUT2D eigenvalue weighted by molar-refractivity contribution is -0.134. The fraction of sp³-hybridized carbons (Fsp3) is 0.765. The van der Waals surface area contributed by atoms with Crippen LogP contribution in [0.4, 0.5) is 0 Å². The van der Waals surface area contributed by atoms with Crippen LogP contribution in [-0.2, 0) is 16.6 Å². The van der Waals surface area contributed by atoms with Crippen molar-refractivity contribution in [1.29, 1.82) is 0 Å². The van der Waals surface area contributed by atoms with Crippen LogP contribution in [0, 0.1) is 6.92 Å². The first-order chi connectivity index (χ1) is 10.3. The summed E-state index contributed by atoms with van der Waals surface area (Å²) in [7, 11) is 0. The van der Waals surface area contributed by atoms with Gasteiger partial charge in [-0.15, -0.1) is 0 Å². The van der Waals surface area contributed by atoms with Crippen molar-refractivity contribution in [3.8, 4) is 0 Å². The van der Waals surface area contributed by atoms with E-state index >= 15 is 0 Å². The molecule has 5 heteroatoms. The fourth-order valence-corrected chi connectivity index (χ4v) is 2.93. The summed E-state index contributed by atoms with van der Waals surface area (Å²) in [6.07, 6.45) is 4.07. The van der Waals surface area contributed by atoms with E-state index in [2.05, 4.69) is 4.98 Å². The monoisotopic (exact) mass is 308 g/mol. The molecule has 5 nitrogen and oxygen atoms in total. The lowest BCUT2D eigenvalue weighted by atomic mass is 9.97. The number of carbonyl (C=O) groups is 1. The van der Waals surface area contributed by atoms with Crippen molar-refractivity contribution >= 4 is 5.91 Å². The highest BCUT2D eigenvalue weighted by Crippen LogP contribution is 2.25. The van der Waals surface area contributed by atoms with Crippen molar-refractivity contribution in [3.05, 3.63) is 17.3 Å². The molecule has 22 heavy (non-hydrogen) atoms. The number of amides is 1. The third-order valence-corrected chi connectivity index (χ3v) is 4.26. The molecule has 0 aromatic carbocycles. The van der Waals surface area contributed by atoms with Crippen molar-refractivity contribution < 1.29 is 14.3 Å². The van der Waals surface area contributed by atoms with Gasteiger partial charge < -0.3 is 14.4 Å². The molecule has 1 fully saturated rings. The van der Waals surface area contributed by atoms with Gasteiger partial charge in [0.1, 0.15) is 5.76 Å². The van der Waals surface area contributed by atoms with Crippen LogP contribution in [0.3, 0.4) is 0 Å². The van der Waals surface area contributed by atoms with Crippen LogP contribution in [0.1, 0.15) is 63.8 Å². The Bertz CT molecular complexity index is 514. The van der Waals surface area contributed by atoms with Gasteiger partial charge in [-0.1, -0.05) is 20.8 Å². The lowest BCUT2D eigenvalue weighted by Crippen LogP contribution is -2.44. The maximum Gasteiger partial charge on any atom is 0.230 e. The Kier molecular flexibility index (Phi) is 5.27. The molecule has 1 atom stereocenters. The second-order valence-electron chi connectivity index (χ2n) is 7.20. The van der Waals surface area contributed by atoms with Gasteiger partial charge in [-0.2, -0.15) is 0 Å². The second-order valence-corrected chi connectivity index (χ2v) is 7.20. The van der Waals surface area contributed by atoms with Gasteiger partial charge in [-0.3, -0.25) is 4.79 Å². The molecule has 124 valence electrons. The zero-order chi connectivity index (χ0) is 16.3. The Morgan fingerprint density at radius 2 is 2.14 bits per heavy atom. The first kappa shape index (κ1) is 17.0. The maximum atomic E-state index is 12.6. The van der Waals surface area contributed by atoms with E-state index in [0.717, 1.165) is 31.5 Å². The first-order valence-electron chi connectivity index (χ1n) is 8.20. The number of hydrogen-bond acceptors (Lipinski definition) is 4. The summed E-state index contributed by atoms with van der Waals surface area (Å²) in [6, 6.07) is 0.163. The number of oxazole rings is 1. The van der Waals surface area contributed by atoms with Crippen LogP contribution in [-0.4, -0.2) is 40.1 Å². The Morgan fingerprint density at radius 1 is 1.41 bits per heavy atom. The summed E-state index contributed by atoms with van der Waals surface area (Å²) in [5.41, 5.74) is 0.644. The molecule has 1 N–H and O–H groups in total. The van der Waals surface area contributed by atoms with E-state index < -0.39 is 0 Å². The zero-order valence-corrected chi connectivity index (χ0v) is 14.2. The van der Waals surface area contributed by atoms with E-state index in [0.29, 0.717) is 18.1 Å². The number of aromatic nitrogens is 1. The molecule has 1 saturated heterocycles. The van der Waals surface area contributed by atoms with Crippen LogP contribution in [0.5, 0.6) is 0 Å². The molecule has 1 aromatic rings. The molecule has 1 unspecified atom stereocenters. The molecular formula is C17H28N2O3. The SMILES string of the molecule is Cc1nc(C(C)(C)C)oc1CC(=O)N1CCCCC1CCO. The number of rotatable bonds is 4. The van der Waals surface area contributed by atoms with Crippen LogP contribution in [0.25, 0.3) is 0 Å². The summed E-state index contributed by atoms with van der Waals surface area (Å²) in [4.78, 5) is 19.0. The van der Waals surface area contributed by atoms with Crippen molar-refractivity contribution in [2.45, 2.75) is 71.3 Å². The summed E-state index contributed by atoms with van der Waals surface area (Å²) in [5, 5.41) is 9.18.